The molecule has 152 valence electrons. The molecule has 0 bridgehead atoms. The van der Waals surface area contributed by atoms with Crippen molar-refractivity contribution >= 4 is 12.1 Å². The SMILES string of the molecule is O=C(O)Cc1ccc(CNC(=O)OCC2c3ccccc3-c3ccccc32)cc1O. The number of phenolic OH excluding ortho intramolecular Hbond substituents is 1. The second-order valence-electron chi connectivity index (χ2n) is 7.21. The summed E-state index contributed by atoms with van der Waals surface area (Å²) >= 11 is 0. The van der Waals surface area contributed by atoms with E-state index in [1.807, 2.05) is 24.3 Å². The van der Waals surface area contributed by atoms with Crippen molar-refractivity contribution in [3.8, 4) is 16.9 Å². The van der Waals surface area contributed by atoms with Crippen molar-refractivity contribution in [2.45, 2.75) is 18.9 Å². The van der Waals surface area contributed by atoms with Crippen molar-refractivity contribution in [1.82, 2.24) is 5.32 Å². The van der Waals surface area contributed by atoms with Crippen molar-refractivity contribution in [2.24, 2.45) is 0 Å². The molecule has 3 aromatic rings. The van der Waals surface area contributed by atoms with E-state index >= 15 is 0 Å². The van der Waals surface area contributed by atoms with Gasteiger partial charge in [-0.15, -0.1) is 0 Å². The number of aliphatic carboxylic acids is 1. The number of hydrogen-bond acceptors (Lipinski definition) is 4. The number of rotatable bonds is 6. The number of alkyl carbamates (subject to hydrolysis) is 1. The van der Waals surface area contributed by atoms with Gasteiger partial charge >= 0.3 is 12.1 Å². The first-order valence-corrected chi connectivity index (χ1v) is 9.64. The zero-order valence-electron chi connectivity index (χ0n) is 16.2. The molecule has 4 rings (SSSR count). The Balaban J connectivity index is 1.37. The van der Waals surface area contributed by atoms with E-state index in [0.717, 1.165) is 11.1 Å². The Morgan fingerprint density at radius 3 is 2.17 bits per heavy atom. The predicted octanol–water partition coefficient (Wildman–Crippen LogP) is 4.06. The molecule has 0 fully saturated rings. The summed E-state index contributed by atoms with van der Waals surface area (Å²) in [6.45, 7) is 0.389. The maximum Gasteiger partial charge on any atom is 0.407 e. The molecule has 0 heterocycles. The van der Waals surface area contributed by atoms with E-state index in [1.165, 1.54) is 23.3 Å². The van der Waals surface area contributed by atoms with E-state index in [1.54, 1.807) is 6.07 Å². The molecule has 6 nitrogen and oxygen atoms in total. The molecule has 1 aliphatic rings. The molecule has 0 unspecified atom stereocenters. The summed E-state index contributed by atoms with van der Waals surface area (Å²) in [5, 5.41) is 21.4. The number of benzene rings is 3. The fourth-order valence-corrected chi connectivity index (χ4v) is 3.86. The normalized spacial score (nSPS) is 12.1. The lowest BCUT2D eigenvalue weighted by atomic mass is 9.98. The van der Waals surface area contributed by atoms with E-state index < -0.39 is 12.1 Å². The number of aromatic hydroxyl groups is 1. The number of fused-ring (bicyclic) bond motifs is 3. The van der Waals surface area contributed by atoms with Gasteiger partial charge in [0.2, 0.25) is 0 Å². The zero-order valence-corrected chi connectivity index (χ0v) is 16.2. The van der Waals surface area contributed by atoms with Crippen LogP contribution >= 0.6 is 0 Å². The van der Waals surface area contributed by atoms with Crippen LogP contribution in [0.15, 0.2) is 66.7 Å². The van der Waals surface area contributed by atoms with Gasteiger partial charge in [-0.3, -0.25) is 4.79 Å². The summed E-state index contributed by atoms with van der Waals surface area (Å²) in [4.78, 5) is 23.0. The number of hydrogen-bond donors (Lipinski definition) is 3. The van der Waals surface area contributed by atoms with Gasteiger partial charge in [0, 0.05) is 18.0 Å². The van der Waals surface area contributed by atoms with Gasteiger partial charge in [0.15, 0.2) is 0 Å². The summed E-state index contributed by atoms with van der Waals surface area (Å²) in [5.74, 6) is -1.14. The van der Waals surface area contributed by atoms with Gasteiger partial charge in [-0.25, -0.2) is 4.79 Å². The maximum atomic E-state index is 12.2. The second kappa shape index (κ2) is 8.29. The van der Waals surface area contributed by atoms with E-state index in [9.17, 15) is 14.7 Å². The van der Waals surface area contributed by atoms with Crippen molar-refractivity contribution < 1.29 is 24.5 Å². The molecule has 1 aliphatic carbocycles. The van der Waals surface area contributed by atoms with Gasteiger partial charge in [-0.1, -0.05) is 60.7 Å². The van der Waals surface area contributed by atoms with Crippen LogP contribution in [0.3, 0.4) is 0 Å². The lowest BCUT2D eigenvalue weighted by Gasteiger charge is -2.14. The van der Waals surface area contributed by atoms with Gasteiger partial charge in [-0.2, -0.15) is 0 Å². The molecule has 3 N–H and O–H groups in total. The standard InChI is InChI=1S/C24H21NO5/c26-22-11-15(9-10-16(22)12-23(27)28)13-25-24(29)30-14-21-19-7-3-1-5-17(19)18-6-2-4-8-20(18)21/h1-11,21,26H,12-14H2,(H,25,29)(H,27,28). The minimum absolute atomic E-state index is 0.0116. The van der Waals surface area contributed by atoms with Crippen molar-refractivity contribution in [2.75, 3.05) is 6.61 Å². The third-order valence-corrected chi connectivity index (χ3v) is 5.27. The molecule has 0 aliphatic heterocycles. The second-order valence-corrected chi connectivity index (χ2v) is 7.21. The summed E-state index contributed by atoms with van der Waals surface area (Å²) in [5.41, 5.74) is 5.59. The number of carboxylic acids is 1. The summed E-state index contributed by atoms with van der Waals surface area (Å²) in [7, 11) is 0. The first kappa shape index (κ1) is 19.5. The van der Waals surface area contributed by atoms with Crippen LogP contribution in [-0.2, 0) is 22.5 Å². The molecule has 1 amide bonds. The van der Waals surface area contributed by atoms with E-state index in [2.05, 4.69) is 29.6 Å². The lowest BCUT2D eigenvalue weighted by Crippen LogP contribution is -2.25. The lowest BCUT2D eigenvalue weighted by molar-refractivity contribution is -0.136. The van der Waals surface area contributed by atoms with Gasteiger partial charge in [-0.05, 0) is 33.9 Å². The van der Waals surface area contributed by atoms with Gasteiger partial charge in [0.25, 0.3) is 0 Å². The Morgan fingerprint density at radius 2 is 1.57 bits per heavy atom. The minimum Gasteiger partial charge on any atom is -0.508 e. The van der Waals surface area contributed by atoms with Crippen LogP contribution in [0, 0.1) is 0 Å². The summed E-state index contributed by atoms with van der Waals surface area (Å²) in [6, 6.07) is 20.9. The first-order chi connectivity index (χ1) is 14.5. The quantitative estimate of drug-likeness (QED) is 0.577. The average Bonchev–Trinajstić information content (AvgIpc) is 3.06. The number of carboxylic acid groups (broad SMARTS) is 1. The smallest absolute Gasteiger partial charge is 0.407 e. The molecule has 0 atom stereocenters. The molecule has 0 saturated heterocycles. The summed E-state index contributed by atoms with van der Waals surface area (Å²) in [6.07, 6.45) is -0.808. The molecular weight excluding hydrogens is 382 g/mol. The van der Waals surface area contributed by atoms with Crippen molar-refractivity contribution in [1.29, 1.82) is 0 Å². The Hall–Kier alpha value is -3.80. The Kier molecular flexibility index (Phi) is 5.39. The van der Waals surface area contributed by atoms with Crippen LogP contribution < -0.4 is 5.32 Å². The number of phenols is 1. The first-order valence-electron chi connectivity index (χ1n) is 9.64. The van der Waals surface area contributed by atoms with Crippen molar-refractivity contribution in [3.63, 3.8) is 0 Å². The Labute approximate surface area is 173 Å². The number of carbonyl (C=O) groups is 2. The van der Waals surface area contributed by atoms with Gasteiger partial charge in [0.1, 0.15) is 12.4 Å². The molecular formula is C24H21NO5. The van der Waals surface area contributed by atoms with Crippen molar-refractivity contribution in [3.05, 3.63) is 89.0 Å². The molecule has 0 saturated carbocycles. The zero-order chi connectivity index (χ0) is 21.1. The van der Waals surface area contributed by atoms with Crippen LogP contribution in [0.2, 0.25) is 0 Å². The maximum absolute atomic E-state index is 12.2. The van der Waals surface area contributed by atoms with Crippen LogP contribution in [0.1, 0.15) is 28.2 Å². The highest BCUT2D eigenvalue weighted by Gasteiger charge is 2.28. The Bertz CT molecular complexity index is 1060. The Morgan fingerprint density at radius 1 is 0.933 bits per heavy atom. The van der Waals surface area contributed by atoms with Gasteiger partial charge < -0.3 is 20.3 Å². The molecule has 0 radical (unpaired) electrons. The highest BCUT2D eigenvalue weighted by Crippen LogP contribution is 2.44. The minimum atomic E-state index is -1.02. The highest BCUT2D eigenvalue weighted by atomic mass is 16.5. The largest absolute Gasteiger partial charge is 0.508 e. The highest BCUT2D eigenvalue weighted by molar-refractivity contribution is 5.79. The van der Waals surface area contributed by atoms with E-state index in [0.29, 0.717) is 11.1 Å². The molecule has 0 spiro atoms. The van der Waals surface area contributed by atoms with Gasteiger partial charge in [0.05, 0.1) is 6.42 Å². The number of amides is 1. The fraction of sp³-hybridized carbons (Fsp3) is 0.167. The topological polar surface area (TPSA) is 95.9 Å². The predicted molar refractivity (Wildman–Crippen MR) is 111 cm³/mol. The number of nitrogens with one attached hydrogen (secondary N) is 1. The van der Waals surface area contributed by atoms with Crippen LogP contribution in [-0.4, -0.2) is 28.9 Å². The number of ether oxygens (including phenoxy) is 1. The fourth-order valence-electron chi connectivity index (χ4n) is 3.86. The van der Waals surface area contributed by atoms with Crippen LogP contribution in [0.4, 0.5) is 4.79 Å². The molecule has 3 aromatic carbocycles. The third-order valence-electron chi connectivity index (χ3n) is 5.27. The van der Waals surface area contributed by atoms with Crippen LogP contribution in [0.5, 0.6) is 5.75 Å². The number of carbonyl (C=O) groups excluding carboxylic acids is 1. The molecule has 30 heavy (non-hydrogen) atoms. The molecule has 0 aromatic heterocycles. The third kappa shape index (κ3) is 3.98. The van der Waals surface area contributed by atoms with E-state index in [4.69, 9.17) is 9.84 Å². The van der Waals surface area contributed by atoms with E-state index in [-0.39, 0.29) is 31.2 Å². The van der Waals surface area contributed by atoms with Crippen LogP contribution in [0.25, 0.3) is 11.1 Å². The average molecular weight is 403 g/mol. The summed E-state index contributed by atoms with van der Waals surface area (Å²) < 4.78 is 5.48. The molecule has 6 heteroatoms. The monoisotopic (exact) mass is 403 g/mol.